The molecule has 142 valence electrons. The Morgan fingerprint density at radius 2 is 2.04 bits per heavy atom. The smallest absolute Gasteiger partial charge is 0.276 e. The summed E-state index contributed by atoms with van der Waals surface area (Å²) in [7, 11) is 0. The SMILES string of the molecule is CCOc1ccccc1N1CC[NH+](CC(=O)N[C@@](C)(C#N)C(C)C)CC1. The third kappa shape index (κ3) is 4.89. The van der Waals surface area contributed by atoms with Crippen molar-refractivity contribution in [1.82, 2.24) is 5.32 Å². The average Bonchev–Trinajstić information content (AvgIpc) is 2.63. The number of carbonyl (C=O) groups excluding carboxylic acids is 1. The molecule has 1 amide bonds. The number of amides is 1. The summed E-state index contributed by atoms with van der Waals surface area (Å²) < 4.78 is 5.73. The minimum atomic E-state index is -0.811. The van der Waals surface area contributed by atoms with Gasteiger partial charge < -0.3 is 19.9 Å². The van der Waals surface area contributed by atoms with Gasteiger partial charge in [0.15, 0.2) is 6.54 Å². The van der Waals surface area contributed by atoms with Crippen molar-refractivity contribution in [3.63, 3.8) is 0 Å². The molecule has 1 aliphatic rings. The third-order valence-electron chi connectivity index (χ3n) is 5.17. The maximum atomic E-state index is 12.4. The van der Waals surface area contributed by atoms with Crippen LogP contribution in [0.5, 0.6) is 5.75 Å². The van der Waals surface area contributed by atoms with Crippen LogP contribution in [0.2, 0.25) is 0 Å². The van der Waals surface area contributed by atoms with Crippen molar-refractivity contribution < 1.29 is 14.4 Å². The number of hydrogen-bond donors (Lipinski definition) is 2. The number of quaternary nitrogens is 1. The number of nitrogens with zero attached hydrogens (tertiary/aromatic N) is 2. The number of ether oxygens (including phenoxy) is 1. The quantitative estimate of drug-likeness (QED) is 0.757. The summed E-state index contributed by atoms with van der Waals surface area (Å²) >= 11 is 0. The van der Waals surface area contributed by atoms with Crippen LogP contribution in [0.4, 0.5) is 5.69 Å². The van der Waals surface area contributed by atoms with Crippen LogP contribution in [0.1, 0.15) is 27.7 Å². The first-order valence-electron chi connectivity index (χ1n) is 9.42. The number of nitrogens with one attached hydrogen (secondary N) is 2. The van der Waals surface area contributed by atoms with Gasteiger partial charge in [0.05, 0.1) is 44.5 Å². The first-order valence-corrected chi connectivity index (χ1v) is 9.42. The maximum Gasteiger partial charge on any atom is 0.276 e. The van der Waals surface area contributed by atoms with Gasteiger partial charge in [-0.25, -0.2) is 0 Å². The second-order valence-electron chi connectivity index (χ2n) is 7.33. The van der Waals surface area contributed by atoms with Crippen LogP contribution in [0, 0.1) is 17.2 Å². The lowest BCUT2D eigenvalue weighted by Crippen LogP contribution is -3.16. The Morgan fingerprint density at radius 3 is 2.62 bits per heavy atom. The Hall–Kier alpha value is -2.26. The van der Waals surface area contributed by atoms with Crippen molar-refractivity contribution in [3.8, 4) is 11.8 Å². The highest BCUT2D eigenvalue weighted by Gasteiger charge is 2.32. The van der Waals surface area contributed by atoms with Gasteiger partial charge in [-0.2, -0.15) is 5.26 Å². The van der Waals surface area contributed by atoms with Crippen molar-refractivity contribution in [2.45, 2.75) is 33.2 Å². The van der Waals surface area contributed by atoms with Gasteiger partial charge in [-0.1, -0.05) is 26.0 Å². The molecule has 2 rings (SSSR count). The van der Waals surface area contributed by atoms with Gasteiger partial charge in [0.2, 0.25) is 0 Å². The van der Waals surface area contributed by atoms with Crippen LogP contribution in [0.3, 0.4) is 0 Å². The van der Waals surface area contributed by atoms with Crippen LogP contribution in [0.15, 0.2) is 24.3 Å². The van der Waals surface area contributed by atoms with Crippen molar-refractivity contribution in [1.29, 1.82) is 5.26 Å². The van der Waals surface area contributed by atoms with E-state index in [0.29, 0.717) is 13.2 Å². The highest BCUT2D eigenvalue weighted by Crippen LogP contribution is 2.27. The number of hydrogen-bond acceptors (Lipinski definition) is 4. The van der Waals surface area contributed by atoms with Gasteiger partial charge in [0.1, 0.15) is 11.3 Å². The van der Waals surface area contributed by atoms with Crippen LogP contribution in [0.25, 0.3) is 0 Å². The van der Waals surface area contributed by atoms with Crippen molar-refractivity contribution >= 4 is 11.6 Å². The lowest BCUT2D eigenvalue weighted by atomic mass is 9.90. The summed E-state index contributed by atoms with van der Waals surface area (Å²) in [6.45, 7) is 12.3. The van der Waals surface area contributed by atoms with Gasteiger partial charge in [-0.3, -0.25) is 4.79 Å². The molecular weight excluding hydrogens is 328 g/mol. The fourth-order valence-corrected chi connectivity index (χ4v) is 3.10. The molecule has 2 N–H and O–H groups in total. The normalized spacial score (nSPS) is 17.5. The molecule has 6 heteroatoms. The van der Waals surface area contributed by atoms with Gasteiger partial charge >= 0.3 is 0 Å². The van der Waals surface area contributed by atoms with Gasteiger partial charge in [-0.05, 0) is 31.9 Å². The summed E-state index contributed by atoms with van der Waals surface area (Å²) in [6, 6.07) is 10.3. The standard InChI is InChI=1S/C20H30N4O2/c1-5-26-18-9-7-6-8-17(18)24-12-10-23(11-13-24)14-19(25)22-20(4,15-21)16(2)3/h6-9,16H,5,10-14H2,1-4H3,(H,22,25)/p+1/t20-/m0/s1. The topological polar surface area (TPSA) is 69.8 Å². The van der Waals surface area contributed by atoms with Crippen molar-refractivity contribution in [3.05, 3.63) is 24.3 Å². The Bertz CT molecular complexity index is 647. The fourth-order valence-electron chi connectivity index (χ4n) is 3.10. The predicted octanol–water partition coefficient (Wildman–Crippen LogP) is 0.845. The minimum Gasteiger partial charge on any atom is -0.492 e. The first-order chi connectivity index (χ1) is 12.4. The number of nitriles is 1. The largest absolute Gasteiger partial charge is 0.492 e. The molecule has 1 saturated heterocycles. The molecule has 0 aliphatic carbocycles. The summed E-state index contributed by atoms with van der Waals surface area (Å²) in [5.74, 6) is 0.928. The summed E-state index contributed by atoms with van der Waals surface area (Å²) in [5, 5.41) is 12.3. The van der Waals surface area contributed by atoms with E-state index >= 15 is 0 Å². The van der Waals surface area contributed by atoms with Crippen LogP contribution in [-0.4, -0.2) is 50.8 Å². The number of anilines is 1. The summed E-state index contributed by atoms with van der Waals surface area (Å²) in [6.07, 6.45) is 0. The monoisotopic (exact) mass is 359 g/mol. The summed E-state index contributed by atoms with van der Waals surface area (Å²) in [5.41, 5.74) is 0.309. The molecule has 0 spiro atoms. The molecule has 1 atom stereocenters. The van der Waals surface area contributed by atoms with Crippen LogP contribution < -0.4 is 19.9 Å². The number of piperazine rings is 1. The maximum absolute atomic E-state index is 12.4. The van der Waals surface area contributed by atoms with E-state index in [9.17, 15) is 10.1 Å². The van der Waals surface area contributed by atoms with E-state index in [1.54, 1.807) is 6.92 Å². The predicted molar refractivity (Wildman–Crippen MR) is 102 cm³/mol. The molecule has 1 fully saturated rings. The molecule has 0 aromatic heterocycles. The Labute approximate surface area is 156 Å². The first kappa shape index (κ1) is 20.1. The van der Waals surface area contributed by atoms with E-state index in [-0.39, 0.29) is 11.8 Å². The molecule has 1 aliphatic heterocycles. The second kappa shape index (κ2) is 8.91. The zero-order valence-corrected chi connectivity index (χ0v) is 16.3. The Balaban J connectivity index is 1.89. The van der Waals surface area contributed by atoms with E-state index in [0.717, 1.165) is 37.6 Å². The molecule has 1 heterocycles. The van der Waals surface area contributed by atoms with Crippen molar-refractivity contribution in [2.24, 2.45) is 5.92 Å². The minimum absolute atomic E-state index is 0.0547. The molecule has 26 heavy (non-hydrogen) atoms. The number of benzene rings is 1. The third-order valence-corrected chi connectivity index (χ3v) is 5.17. The zero-order chi connectivity index (χ0) is 19.2. The lowest BCUT2D eigenvalue weighted by Gasteiger charge is -2.35. The molecule has 0 saturated carbocycles. The van der Waals surface area contributed by atoms with Gasteiger partial charge in [-0.15, -0.1) is 0 Å². The van der Waals surface area contributed by atoms with E-state index in [2.05, 4.69) is 22.4 Å². The highest BCUT2D eigenvalue weighted by molar-refractivity contribution is 5.78. The zero-order valence-electron chi connectivity index (χ0n) is 16.3. The summed E-state index contributed by atoms with van der Waals surface area (Å²) in [4.78, 5) is 15.9. The number of rotatable bonds is 7. The van der Waals surface area contributed by atoms with Crippen molar-refractivity contribution in [2.75, 3.05) is 44.2 Å². The molecule has 1 aromatic carbocycles. The fraction of sp³-hybridized carbons (Fsp3) is 0.600. The molecule has 0 unspecified atom stereocenters. The highest BCUT2D eigenvalue weighted by atomic mass is 16.5. The Morgan fingerprint density at radius 1 is 1.38 bits per heavy atom. The second-order valence-corrected chi connectivity index (χ2v) is 7.33. The number of carbonyl (C=O) groups is 1. The van der Waals surface area contributed by atoms with Gasteiger partial charge in [0, 0.05) is 0 Å². The van der Waals surface area contributed by atoms with E-state index in [4.69, 9.17) is 4.74 Å². The molecule has 1 aromatic rings. The van der Waals surface area contributed by atoms with Gasteiger partial charge in [0.25, 0.3) is 5.91 Å². The average molecular weight is 359 g/mol. The van der Waals surface area contributed by atoms with E-state index in [1.165, 1.54) is 4.90 Å². The molecule has 6 nitrogen and oxygen atoms in total. The lowest BCUT2D eigenvalue weighted by molar-refractivity contribution is -0.892. The van der Waals surface area contributed by atoms with E-state index in [1.807, 2.05) is 39.0 Å². The molecular formula is C20H31N4O2+. The number of para-hydroxylation sites is 2. The van der Waals surface area contributed by atoms with E-state index < -0.39 is 5.54 Å². The Kier molecular flexibility index (Phi) is 6.87. The van der Waals surface area contributed by atoms with Crippen LogP contribution >= 0.6 is 0 Å². The molecule has 0 bridgehead atoms. The van der Waals surface area contributed by atoms with Crippen LogP contribution in [-0.2, 0) is 4.79 Å². The molecule has 0 radical (unpaired) electrons.